The van der Waals surface area contributed by atoms with Crippen molar-refractivity contribution in [1.29, 1.82) is 0 Å². The molecule has 25 heavy (non-hydrogen) atoms. The van der Waals surface area contributed by atoms with Crippen LogP contribution in [0.1, 0.15) is 42.1 Å². The molecule has 1 aliphatic carbocycles. The summed E-state index contributed by atoms with van der Waals surface area (Å²) in [6, 6.07) is 9.75. The number of amides is 1. The van der Waals surface area contributed by atoms with Crippen LogP contribution in [0.15, 0.2) is 40.3 Å². The molecule has 1 aromatic heterocycles. The molecule has 1 unspecified atom stereocenters. The molecule has 0 saturated carbocycles. The van der Waals surface area contributed by atoms with Crippen LogP contribution < -0.4 is 10.9 Å². The molecule has 1 atom stereocenters. The van der Waals surface area contributed by atoms with Crippen LogP contribution in [0.2, 0.25) is 0 Å². The van der Waals surface area contributed by atoms with E-state index in [4.69, 9.17) is 4.98 Å². The highest BCUT2D eigenvalue weighted by Gasteiger charge is 2.30. The Morgan fingerprint density at radius 1 is 1.24 bits per heavy atom. The van der Waals surface area contributed by atoms with Gasteiger partial charge in [-0.1, -0.05) is 42.1 Å². The zero-order valence-electron chi connectivity index (χ0n) is 14.0. The minimum absolute atomic E-state index is 0.0214. The summed E-state index contributed by atoms with van der Waals surface area (Å²) >= 11 is 1.59. The summed E-state index contributed by atoms with van der Waals surface area (Å²) < 4.78 is 1.76. The van der Waals surface area contributed by atoms with Crippen LogP contribution >= 0.6 is 11.8 Å². The number of rotatable bonds is 4. The number of hydrogen-bond donors (Lipinski definition) is 1. The van der Waals surface area contributed by atoms with E-state index < -0.39 is 0 Å². The first-order valence-electron chi connectivity index (χ1n) is 8.80. The summed E-state index contributed by atoms with van der Waals surface area (Å²) in [5.74, 6) is 0.719. The Kier molecular flexibility index (Phi) is 4.61. The van der Waals surface area contributed by atoms with E-state index in [0.717, 1.165) is 53.4 Å². The van der Waals surface area contributed by atoms with Crippen molar-refractivity contribution in [2.45, 2.75) is 49.8 Å². The van der Waals surface area contributed by atoms with Crippen LogP contribution in [0, 0.1) is 0 Å². The molecule has 2 heterocycles. The van der Waals surface area contributed by atoms with Crippen LogP contribution in [-0.4, -0.2) is 21.2 Å². The predicted molar refractivity (Wildman–Crippen MR) is 97.8 cm³/mol. The molecule has 2 aliphatic rings. The van der Waals surface area contributed by atoms with Gasteiger partial charge in [-0.05, 0) is 31.2 Å². The van der Waals surface area contributed by atoms with Gasteiger partial charge in [-0.25, -0.2) is 4.98 Å². The third kappa shape index (κ3) is 3.35. The Hall–Kier alpha value is -2.08. The molecule has 0 saturated heterocycles. The second-order valence-electron chi connectivity index (χ2n) is 6.63. The van der Waals surface area contributed by atoms with E-state index in [1.165, 1.54) is 0 Å². The number of carbonyl (C=O) groups is 1. The predicted octanol–water partition coefficient (Wildman–Crippen LogP) is 2.48. The van der Waals surface area contributed by atoms with Gasteiger partial charge >= 0.3 is 0 Å². The number of hydrogen-bond acceptors (Lipinski definition) is 4. The van der Waals surface area contributed by atoms with E-state index in [9.17, 15) is 9.59 Å². The van der Waals surface area contributed by atoms with Gasteiger partial charge in [0.25, 0.3) is 5.56 Å². The number of fused-ring (bicyclic) bond motifs is 2. The highest BCUT2D eigenvalue weighted by molar-refractivity contribution is 7.99. The van der Waals surface area contributed by atoms with Crippen LogP contribution in [0.25, 0.3) is 0 Å². The van der Waals surface area contributed by atoms with E-state index >= 15 is 0 Å². The SMILES string of the molecule is O=C(CC1CSc2nc3c(c(=O)n21)CCCC3)NCc1ccccc1. The molecule has 1 aromatic carbocycles. The number of aromatic nitrogens is 2. The fraction of sp³-hybridized carbons (Fsp3) is 0.421. The van der Waals surface area contributed by atoms with Gasteiger partial charge in [-0.3, -0.25) is 14.2 Å². The summed E-state index contributed by atoms with van der Waals surface area (Å²) in [5.41, 5.74) is 2.99. The Bertz CT molecular complexity index is 848. The second kappa shape index (κ2) is 7.04. The molecule has 4 rings (SSSR count). The third-order valence-electron chi connectivity index (χ3n) is 4.88. The Morgan fingerprint density at radius 2 is 2.04 bits per heavy atom. The van der Waals surface area contributed by atoms with Crippen molar-refractivity contribution in [3.63, 3.8) is 0 Å². The molecule has 130 valence electrons. The van der Waals surface area contributed by atoms with Crippen LogP contribution in [0.5, 0.6) is 0 Å². The van der Waals surface area contributed by atoms with Crippen molar-refractivity contribution in [2.75, 3.05) is 5.75 Å². The summed E-state index contributed by atoms with van der Waals surface area (Å²) in [5, 5.41) is 3.74. The van der Waals surface area contributed by atoms with Gasteiger partial charge in [-0.15, -0.1) is 0 Å². The lowest BCUT2D eigenvalue weighted by atomic mass is 9.97. The van der Waals surface area contributed by atoms with Crippen molar-refractivity contribution >= 4 is 17.7 Å². The fourth-order valence-electron chi connectivity index (χ4n) is 3.55. The lowest BCUT2D eigenvalue weighted by Crippen LogP contribution is -2.33. The number of nitrogens with zero attached hydrogens (tertiary/aromatic N) is 2. The van der Waals surface area contributed by atoms with Gasteiger partial charge in [0.1, 0.15) is 0 Å². The second-order valence-corrected chi connectivity index (χ2v) is 7.62. The summed E-state index contributed by atoms with van der Waals surface area (Å²) in [4.78, 5) is 29.9. The van der Waals surface area contributed by atoms with Gasteiger partial charge in [0.2, 0.25) is 5.91 Å². The van der Waals surface area contributed by atoms with E-state index in [2.05, 4.69) is 5.32 Å². The van der Waals surface area contributed by atoms with Crippen LogP contribution in [0.4, 0.5) is 0 Å². The van der Waals surface area contributed by atoms with Gasteiger partial charge in [0, 0.05) is 24.3 Å². The van der Waals surface area contributed by atoms with Crippen molar-refractivity contribution in [1.82, 2.24) is 14.9 Å². The maximum atomic E-state index is 12.9. The highest BCUT2D eigenvalue weighted by Crippen LogP contribution is 2.33. The molecule has 5 nitrogen and oxygen atoms in total. The zero-order chi connectivity index (χ0) is 17.2. The molecule has 1 N–H and O–H groups in total. The van der Waals surface area contributed by atoms with E-state index in [1.807, 2.05) is 30.3 Å². The highest BCUT2D eigenvalue weighted by atomic mass is 32.2. The van der Waals surface area contributed by atoms with E-state index in [1.54, 1.807) is 16.3 Å². The number of carbonyl (C=O) groups excluding carboxylic acids is 1. The first-order valence-corrected chi connectivity index (χ1v) is 9.78. The lowest BCUT2D eigenvalue weighted by molar-refractivity contribution is -0.121. The molecule has 0 spiro atoms. The van der Waals surface area contributed by atoms with Crippen molar-refractivity contribution in [2.24, 2.45) is 0 Å². The van der Waals surface area contributed by atoms with E-state index in [-0.39, 0.29) is 17.5 Å². The summed E-state index contributed by atoms with van der Waals surface area (Å²) in [6.45, 7) is 0.518. The molecule has 1 amide bonds. The van der Waals surface area contributed by atoms with E-state index in [0.29, 0.717) is 13.0 Å². The average Bonchev–Trinajstić information content (AvgIpc) is 3.04. The van der Waals surface area contributed by atoms with Crippen molar-refractivity contribution in [3.05, 3.63) is 57.5 Å². The molecule has 0 fully saturated rings. The Balaban J connectivity index is 1.47. The van der Waals surface area contributed by atoms with Gasteiger partial charge in [0.15, 0.2) is 5.16 Å². The average molecular weight is 355 g/mol. The molecule has 1 aliphatic heterocycles. The normalized spacial score (nSPS) is 18.5. The molecular weight excluding hydrogens is 334 g/mol. The Labute approximate surface area is 150 Å². The fourth-order valence-corrected chi connectivity index (χ4v) is 4.70. The number of nitrogens with one attached hydrogen (secondary N) is 1. The third-order valence-corrected chi connectivity index (χ3v) is 5.97. The maximum absolute atomic E-state index is 12.9. The molecule has 0 bridgehead atoms. The van der Waals surface area contributed by atoms with Crippen LogP contribution in [-0.2, 0) is 24.2 Å². The monoisotopic (exact) mass is 355 g/mol. The lowest BCUT2D eigenvalue weighted by Gasteiger charge is -2.18. The molecule has 0 radical (unpaired) electrons. The smallest absolute Gasteiger partial charge is 0.257 e. The molecule has 6 heteroatoms. The number of thioether (sulfide) groups is 1. The summed E-state index contributed by atoms with van der Waals surface area (Å²) in [6.07, 6.45) is 4.21. The largest absolute Gasteiger partial charge is 0.352 e. The van der Waals surface area contributed by atoms with Crippen molar-refractivity contribution < 1.29 is 4.79 Å². The van der Waals surface area contributed by atoms with Gasteiger partial charge in [0.05, 0.1) is 11.7 Å². The van der Waals surface area contributed by atoms with Gasteiger partial charge < -0.3 is 5.32 Å². The quantitative estimate of drug-likeness (QED) is 0.856. The number of aryl methyl sites for hydroxylation is 1. The minimum atomic E-state index is -0.0944. The zero-order valence-corrected chi connectivity index (χ0v) is 14.8. The summed E-state index contributed by atoms with van der Waals surface area (Å²) in [7, 11) is 0. The minimum Gasteiger partial charge on any atom is -0.352 e. The maximum Gasteiger partial charge on any atom is 0.257 e. The Morgan fingerprint density at radius 3 is 2.88 bits per heavy atom. The van der Waals surface area contributed by atoms with Crippen LogP contribution in [0.3, 0.4) is 0 Å². The first-order chi connectivity index (χ1) is 12.2. The number of benzene rings is 1. The molecule has 2 aromatic rings. The first kappa shape index (κ1) is 16.4. The standard InChI is InChI=1S/C19H21N3O2S/c23-17(20-11-13-6-2-1-3-7-13)10-14-12-25-19-21-16-9-5-4-8-15(16)18(24)22(14)19/h1-3,6-7,14H,4-5,8-12H2,(H,20,23). The topological polar surface area (TPSA) is 64.0 Å². The van der Waals surface area contributed by atoms with Gasteiger partial charge in [-0.2, -0.15) is 0 Å². The van der Waals surface area contributed by atoms with Crippen molar-refractivity contribution in [3.8, 4) is 0 Å². The molecular formula is C19H21N3O2S.